The van der Waals surface area contributed by atoms with Gasteiger partial charge in [0.05, 0.1) is 24.4 Å². The van der Waals surface area contributed by atoms with E-state index in [1.807, 2.05) is 24.3 Å². The molecular weight excluding hydrogens is 254 g/mol. The Kier molecular flexibility index (Phi) is 3.28. The fraction of sp³-hybridized carbons (Fsp3) is 0.333. The highest BCUT2D eigenvalue weighted by atomic mass is 16.5. The van der Waals surface area contributed by atoms with Gasteiger partial charge in [-0.2, -0.15) is 5.10 Å². The van der Waals surface area contributed by atoms with Crippen LogP contribution in [-0.4, -0.2) is 35.4 Å². The number of ether oxygens (including phenoxy) is 1. The van der Waals surface area contributed by atoms with Crippen LogP contribution in [0.1, 0.15) is 15.9 Å². The van der Waals surface area contributed by atoms with Gasteiger partial charge in [0.2, 0.25) is 0 Å². The minimum atomic E-state index is -0.0349. The Labute approximate surface area is 117 Å². The lowest BCUT2D eigenvalue weighted by Crippen LogP contribution is -2.43. The third kappa shape index (κ3) is 2.20. The van der Waals surface area contributed by atoms with E-state index in [4.69, 9.17) is 4.74 Å². The van der Waals surface area contributed by atoms with Gasteiger partial charge in [0.25, 0.3) is 5.91 Å². The molecule has 0 saturated carbocycles. The van der Waals surface area contributed by atoms with Crippen LogP contribution in [0, 0.1) is 0 Å². The highest BCUT2D eigenvalue weighted by Gasteiger charge is 2.29. The molecular formula is C15H17N3O2. The summed E-state index contributed by atoms with van der Waals surface area (Å²) in [5, 5.41) is 4.07. The molecule has 0 saturated heterocycles. The molecule has 1 aliphatic rings. The van der Waals surface area contributed by atoms with Crippen LogP contribution in [0.5, 0.6) is 0 Å². The molecule has 5 nitrogen and oxygen atoms in total. The van der Waals surface area contributed by atoms with E-state index in [2.05, 4.69) is 5.10 Å². The van der Waals surface area contributed by atoms with Crippen molar-refractivity contribution in [1.82, 2.24) is 9.78 Å². The Morgan fingerprint density at radius 2 is 2.20 bits per heavy atom. The van der Waals surface area contributed by atoms with Crippen LogP contribution in [0.25, 0.3) is 0 Å². The average Bonchev–Trinajstić information content (AvgIpc) is 2.92. The number of para-hydroxylation sites is 1. The summed E-state index contributed by atoms with van der Waals surface area (Å²) in [6, 6.07) is 7.97. The van der Waals surface area contributed by atoms with Crippen molar-refractivity contribution >= 4 is 11.6 Å². The summed E-state index contributed by atoms with van der Waals surface area (Å²) in [5.74, 6) is -0.0349. The number of carbonyl (C=O) groups is 1. The average molecular weight is 271 g/mol. The van der Waals surface area contributed by atoms with E-state index in [9.17, 15) is 4.79 Å². The number of aromatic nitrogens is 2. The predicted octanol–water partition coefficient (Wildman–Crippen LogP) is 1.64. The van der Waals surface area contributed by atoms with Crippen molar-refractivity contribution in [2.45, 2.75) is 12.5 Å². The SMILES string of the molecule is COC1Cc2ccccc2N(C(=O)c2cnn(C)c2)C1. The number of carbonyl (C=O) groups excluding carboxylic acids is 1. The fourth-order valence-corrected chi connectivity index (χ4v) is 2.60. The normalized spacial score (nSPS) is 17.9. The van der Waals surface area contributed by atoms with E-state index in [0.29, 0.717) is 12.1 Å². The summed E-state index contributed by atoms with van der Waals surface area (Å²) in [4.78, 5) is 14.4. The van der Waals surface area contributed by atoms with Crippen LogP contribution in [0.4, 0.5) is 5.69 Å². The van der Waals surface area contributed by atoms with Gasteiger partial charge in [-0.15, -0.1) is 0 Å². The number of amides is 1. The van der Waals surface area contributed by atoms with Crippen LogP contribution in [-0.2, 0) is 18.2 Å². The summed E-state index contributed by atoms with van der Waals surface area (Å²) in [7, 11) is 3.49. The van der Waals surface area contributed by atoms with Gasteiger partial charge >= 0.3 is 0 Å². The van der Waals surface area contributed by atoms with Crippen molar-refractivity contribution in [3.05, 3.63) is 47.8 Å². The van der Waals surface area contributed by atoms with E-state index < -0.39 is 0 Å². The highest BCUT2D eigenvalue weighted by molar-refractivity contribution is 6.06. The minimum Gasteiger partial charge on any atom is -0.379 e. The van der Waals surface area contributed by atoms with Gasteiger partial charge in [-0.3, -0.25) is 9.48 Å². The van der Waals surface area contributed by atoms with E-state index in [1.54, 1.807) is 36.1 Å². The summed E-state index contributed by atoms with van der Waals surface area (Å²) < 4.78 is 7.09. The van der Waals surface area contributed by atoms with Crippen molar-refractivity contribution in [2.24, 2.45) is 7.05 Å². The van der Waals surface area contributed by atoms with Crippen molar-refractivity contribution in [1.29, 1.82) is 0 Å². The van der Waals surface area contributed by atoms with Crippen molar-refractivity contribution in [3.8, 4) is 0 Å². The van der Waals surface area contributed by atoms with Gasteiger partial charge < -0.3 is 9.64 Å². The maximum absolute atomic E-state index is 12.7. The lowest BCUT2D eigenvalue weighted by molar-refractivity contribution is 0.0870. The lowest BCUT2D eigenvalue weighted by Gasteiger charge is -2.33. The molecule has 0 fully saturated rings. The number of benzene rings is 1. The second kappa shape index (κ2) is 5.09. The first kappa shape index (κ1) is 12.9. The number of hydrogen-bond donors (Lipinski definition) is 0. The summed E-state index contributed by atoms with van der Waals surface area (Å²) in [5.41, 5.74) is 2.71. The Balaban J connectivity index is 1.98. The molecule has 0 bridgehead atoms. The third-order valence-corrected chi connectivity index (χ3v) is 3.65. The molecule has 1 atom stereocenters. The number of anilines is 1. The quantitative estimate of drug-likeness (QED) is 0.834. The van der Waals surface area contributed by atoms with Gasteiger partial charge in [-0.1, -0.05) is 18.2 Å². The molecule has 1 aromatic carbocycles. The molecule has 0 aliphatic carbocycles. The number of fused-ring (bicyclic) bond motifs is 1. The van der Waals surface area contributed by atoms with Gasteiger partial charge in [-0.05, 0) is 11.6 Å². The topological polar surface area (TPSA) is 47.4 Å². The van der Waals surface area contributed by atoms with Crippen LogP contribution in [0.2, 0.25) is 0 Å². The molecule has 1 aromatic heterocycles. The standard InChI is InChI=1S/C15H17N3O2/c1-17-9-12(8-16-17)15(19)18-10-13(20-2)7-11-5-3-4-6-14(11)18/h3-6,8-9,13H,7,10H2,1-2H3. The number of methoxy groups -OCH3 is 1. The number of rotatable bonds is 2. The molecule has 5 heteroatoms. The van der Waals surface area contributed by atoms with Gasteiger partial charge in [0, 0.05) is 32.5 Å². The molecule has 0 N–H and O–H groups in total. The third-order valence-electron chi connectivity index (χ3n) is 3.65. The molecule has 0 spiro atoms. The number of aryl methyl sites for hydroxylation is 1. The first-order valence-electron chi connectivity index (χ1n) is 6.60. The van der Waals surface area contributed by atoms with E-state index in [0.717, 1.165) is 17.7 Å². The molecule has 1 aliphatic heterocycles. The van der Waals surface area contributed by atoms with E-state index in [1.165, 1.54) is 0 Å². The van der Waals surface area contributed by atoms with Crippen LogP contribution in [0.3, 0.4) is 0 Å². The summed E-state index contributed by atoms with van der Waals surface area (Å²) in [6.07, 6.45) is 4.21. The maximum atomic E-state index is 12.7. The van der Waals surface area contributed by atoms with E-state index in [-0.39, 0.29) is 12.0 Å². The lowest BCUT2D eigenvalue weighted by atomic mass is 9.99. The second-order valence-corrected chi connectivity index (χ2v) is 5.01. The molecule has 3 rings (SSSR count). The molecule has 0 radical (unpaired) electrons. The van der Waals surface area contributed by atoms with Crippen molar-refractivity contribution < 1.29 is 9.53 Å². The minimum absolute atomic E-state index is 0.0329. The highest BCUT2D eigenvalue weighted by Crippen LogP contribution is 2.29. The van der Waals surface area contributed by atoms with Crippen LogP contribution in [0.15, 0.2) is 36.7 Å². The number of hydrogen-bond acceptors (Lipinski definition) is 3. The zero-order valence-electron chi connectivity index (χ0n) is 11.6. The van der Waals surface area contributed by atoms with Gasteiger partial charge in [0.15, 0.2) is 0 Å². The maximum Gasteiger partial charge on any atom is 0.261 e. The van der Waals surface area contributed by atoms with Crippen LogP contribution < -0.4 is 4.90 Å². The Bertz CT molecular complexity index is 636. The molecule has 1 amide bonds. The predicted molar refractivity (Wildman–Crippen MR) is 75.8 cm³/mol. The zero-order valence-corrected chi connectivity index (χ0v) is 11.6. The van der Waals surface area contributed by atoms with E-state index >= 15 is 0 Å². The molecule has 104 valence electrons. The largest absolute Gasteiger partial charge is 0.379 e. The van der Waals surface area contributed by atoms with Crippen molar-refractivity contribution in [3.63, 3.8) is 0 Å². The monoisotopic (exact) mass is 271 g/mol. The number of nitrogens with zero attached hydrogens (tertiary/aromatic N) is 3. The van der Waals surface area contributed by atoms with Gasteiger partial charge in [-0.25, -0.2) is 0 Å². The fourth-order valence-electron chi connectivity index (χ4n) is 2.60. The summed E-state index contributed by atoms with van der Waals surface area (Å²) in [6.45, 7) is 0.571. The second-order valence-electron chi connectivity index (χ2n) is 5.01. The smallest absolute Gasteiger partial charge is 0.261 e. The summed E-state index contributed by atoms with van der Waals surface area (Å²) >= 11 is 0. The molecule has 1 unspecified atom stereocenters. The Morgan fingerprint density at radius 3 is 2.90 bits per heavy atom. The molecule has 2 aromatic rings. The van der Waals surface area contributed by atoms with Gasteiger partial charge in [0.1, 0.15) is 0 Å². The Hall–Kier alpha value is -2.14. The van der Waals surface area contributed by atoms with Crippen LogP contribution >= 0.6 is 0 Å². The molecule has 2 heterocycles. The zero-order chi connectivity index (χ0) is 14.1. The van der Waals surface area contributed by atoms with Crippen molar-refractivity contribution in [2.75, 3.05) is 18.6 Å². The first-order chi connectivity index (χ1) is 9.69. The molecule has 20 heavy (non-hydrogen) atoms. The first-order valence-corrected chi connectivity index (χ1v) is 6.60. The Morgan fingerprint density at radius 1 is 1.40 bits per heavy atom.